The van der Waals surface area contributed by atoms with Gasteiger partial charge in [0, 0.05) is 17.4 Å². The number of anilines is 1. The molecule has 1 aliphatic heterocycles. The molecule has 154 valence electrons. The predicted molar refractivity (Wildman–Crippen MR) is 109 cm³/mol. The molecule has 1 amide bonds. The number of carbonyl (C=O) groups is 1. The number of benzene rings is 1. The van der Waals surface area contributed by atoms with Gasteiger partial charge in [-0.05, 0) is 31.9 Å². The minimum atomic E-state index is -3.30. The zero-order valence-corrected chi connectivity index (χ0v) is 17.5. The summed E-state index contributed by atoms with van der Waals surface area (Å²) < 4.78 is 30.1. The van der Waals surface area contributed by atoms with Crippen molar-refractivity contribution in [3.05, 3.63) is 40.9 Å². The van der Waals surface area contributed by atoms with E-state index in [0.717, 1.165) is 5.69 Å². The monoisotopic (exact) mass is 435 g/mol. The van der Waals surface area contributed by atoms with E-state index in [2.05, 4.69) is 15.5 Å². The van der Waals surface area contributed by atoms with Crippen molar-refractivity contribution >= 4 is 37.9 Å². The van der Waals surface area contributed by atoms with E-state index < -0.39 is 15.7 Å². The van der Waals surface area contributed by atoms with Gasteiger partial charge in [0.15, 0.2) is 26.8 Å². The Kier molecular flexibility index (Phi) is 5.66. The number of sulfone groups is 1. The molecule has 4 rings (SSSR count). The highest BCUT2D eigenvalue weighted by atomic mass is 32.2. The van der Waals surface area contributed by atoms with E-state index in [-0.39, 0.29) is 22.0 Å². The van der Waals surface area contributed by atoms with Crippen molar-refractivity contribution in [3.8, 4) is 0 Å². The van der Waals surface area contributed by atoms with Crippen LogP contribution in [0, 0.1) is 6.92 Å². The first kappa shape index (κ1) is 20.0. The van der Waals surface area contributed by atoms with Crippen molar-refractivity contribution in [2.45, 2.75) is 42.4 Å². The number of ether oxygens (including phenoxy) is 1. The number of nitrogens with zero attached hydrogens (tertiary/aromatic N) is 2. The highest BCUT2D eigenvalue weighted by Crippen LogP contribution is 2.33. The smallest absolute Gasteiger partial charge is 0.280 e. The van der Waals surface area contributed by atoms with Crippen molar-refractivity contribution < 1.29 is 22.8 Å². The largest absolute Gasteiger partial charge is 0.389 e. The summed E-state index contributed by atoms with van der Waals surface area (Å²) in [5.74, 6) is -0.476. The SMILES string of the molecule is Cc1csc(NC(=O)/C(=N/O[C@@H]2CCOC2)c2ccc(S(=O)(=O)C3CC3)cc2)n1. The number of aromatic nitrogens is 1. The third-order valence-electron chi connectivity index (χ3n) is 4.66. The van der Waals surface area contributed by atoms with E-state index in [0.29, 0.717) is 43.2 Å². The lowest BCUT2D eigenvalue weighted by atomic mass is 10.1. The number of nitrogens with one attached hydrogen (secondary N) is 1. The Balaban J connectivity index is 1.58. The minimum absolute atomic E-state index is 0.0557. The minimum Gasteiger partial charge on any atom is -0.389 e. The number of hydrogen-bond donors (Lipinski definition) is 1. The molecular formula is C19H21N3O5S2. The van der Waals surface area contributed by atoms with Crippen LogP contribution in [-0.2, 0) is 24.2 Å². The number of aryl methyl sites for hydroxylation is 1. The second kappa shape index (κ2) is 8.21. The van der Waals surface area contributed by atoms with Crippen LogP contribution in [0.5, 0.6) is 0 Å². The number of amides is 1. The maximum Gasteiger partial charge on any atom is 0.280 e. The first-order valence-electron chi connectivity index (χ1n) is 9.33. The molecule has 1 aromatic carbocycles. The molecule has 2 aromatic rings. The van der Waals surface area contributed by atoms with E-state index in [1.165, 1.54) is 23.5 Å². The molecule has 10 heteroatoms. The molecule has 0 radical (unpaired) electrons. The highest BCUT2D eigenvalue weighted by molar-refractivity contribution is 7.92. The maximum atomic E-state index is 12.8. The molecule has 1 saturated heterocycles. The molecule has 1 aromatic heterocycles. The van der Waals surface area contributed by atoms with Crippen LogP contribution in [-0.4, -0.2) is 49.6 Å². The van der Waals surface area contributed by atoms with Crippen LogP contribution in [0.1, 0.15) is 30.5 Å². The average molecular weight is 436 g/mol. The summed E-state index contributed by atoms with van der Waals surface area (Å²) >= 11 is 1.31. The third kappa shape index (κ3) is 4.65. The number of hydrogen-bond acceptors (Lipinski definition) is 8. The van der Waals surface area contributed by atoms with Crippen molar-refractivity contribution in [2.24, 2.45) is 5.16 Å². The fourth-order valence-electron chi connectivity index (χ4n) is 2.89. The lowest BCUT2D eigenvalue weighted by Gasteiger charge is -2.10. The van der Waals surface area contributed by atoms with Gasteiger partial charge in [-0.25, -0.2) is 13.4 Å². The Morgan fingerprint density at radius 3 is 2.62 bits per heavy atom. The van der Waals surface area contributed by atoms with Gasteiger partial charge in [0.25, 0.3) is 5.91 Å². The third-order valence-corrected chi connectivity index (χ3v) is 7.81. The lowest BCUT2D eigenvalue weighted by Crippen LogP contribution is -2.25. The van der Waals surface area contributed by atoms with Crippen LogP contribution in [0.15, 0.2) is 39.7 Å². The molecular weight excluding hydrogens is 414 g/mol. The van der Waals surface area contributed by atoms with E-state index in [1.807, 2.05) is 12.3 Å². The van der Waals surface area contributed by atoms with E-state index in [9.17, 15) is 13.2 Å². The fraction of sp³-hybridized carbons (Fsp3) is 0.421. The summed E-state index contributed by atoms with van der Waals surface area (Å²) in [6.07, 6.45) is 1.88. The summed E-state index contributed by atoms with van der Waals surface area (Å²) in [5.41, 5.74) is 1.32. The van der Waals surface area contributed by atoms with Gasteiger partial charge in [-0.1, -0.05) is 17.3 Å². The molecule has 0 spiro atoms. The molecule has 29 heavy (non-hydrogen) atoms. The van der Waals surface area contributed by atoms with Crippen LogP contribution in [0.4, 0.5) is 5.13 Å². The quantitative estimate of drug-likeness (QED) is 0.529. The van der Waals surface area contributed by atoms with Crippen LogP contribution in [0.3, 0.4) is 0 Å². The molecule has 1 aliphatic carbocycles. The van der Waals surface area contributed by atoms with E-state index in [4.69, 9.17) is 9.57 Å². The second-order valence-electron chi connectivity index (χ2n) is 7.05. The molecule has 1 atom stereocenters. The summed E-state index contributed by atoms with van der Waals surface area (Å²) in [4.78, 5) is 22.8. The summed E-state index contributed by atoms with van der Waals surface area (Å²) in [7, 11) is -3.30. The average Bonchev–Trinajstić information content (AvgIpc) is 3.31. The predicted octanol–water partition coefficient (Wildman–Crippen LogP) is 2.54. The summed E-state index contributed by atoms with van der Waals surface area (Å²) in [6, 6.07) is 6.18. The van der Waals surface area contributed by atoms with Crippen LogP contribution >= 0.6 is 11.3 Å². The van der Waals surface area contributed by atoms with Gasteiger partial charge in [-0.3, -0.25) is 10.1 Å². The van der Waals surface area contributed by atoms with Crippen molar-refractivity contribution in [2.75, 3.05) is 18.5 Å². The Morgan fingerprint density at radius 1 is 1.28 bits per heavy atom. The van der Waals surface area contributed by atoms with Crippen molar-refractivity contribution in [3.63, 3.8) is 0 Å². The second-order valence-corrected chi connectivity index (χ2v) is 10.1. The molecule has 1 saturated carbocycles. The van der Waals surface area contributed by atoms with E-state index >= 15 is 0 Å². The van der Waals surface area contributed by atoms with Crippen LogP contribution < -0.4 is 5.32 Å². The van der Waals surface area contributed by atoms with Gasteiger partial charge in [0.2, 0.25) is 0 Å². The number of rotatable bonds is 7. The summed E-state index contributed by atoms with van der Waals surface area (Å²) in [5, 5.41) is 8.79. The first-order chi connectivity index (χ1) is 13.9. The molecule has 2 heterocycles. The number of carbonyl (C=O) groups excluding carboxylic acids is 1. The molecule has 0 bridgehead atoms. The zero-order valence-electron chi connectivity index (χ0n) is 15.8. The first-order valence-corrected chi connectivity index (χ1v) is 11.8. The van der Waals surface area contributed by atoms with Gasteiger partial charge >= 0.3 is 0 Å². The Bertz CT molecular complexity index is 1020. The zero-order chi connectivity index (χ0) is 20.4. The van der Waals surface area contributed by atoms with Crippen LogP contribution in [0.2, 0.25) is 0 Å². The maximum absolute atomic E-state index is 12.8. The Hall–Kier alpha value is -2.30. The molecule has 1 N–H and O–H groups in total. The fourth-order valence-corrected chi connectivity index (χ4v) is 5.23. The normalized spacial score (nSPS) is 19.9. The molecule has 8 nitrogen and oxygen atoms in total. The Labute approximate surface area is 172 Å². The van der Waals surface area contributed by atoms with Gasteiger partial charge in [-0.2, -0.15) is 0 Å². The van der Waals surface area contributed by atoms with Gasteiger partial charge in [0.1, 0.15) is 0 Å². The lowest BCUT2D eigenvalue weighted by molar-refractivity contribution is -0.110. The highest BCUT2D eigenvalue weighted by Gasteiger charge is 2.36. The van der Waals surface area contributed by atoms with Crippen molar-refractivity contribution in [1.82, 2.24) is 4.98 Å². The van der Waals surface area contributed by atoms with Gasteiger partial charge < -0.3 is 9.57 Å². The number of thiazole rings is 1. The summed E-state index contributed by atoms with van der Waals surface area (Å²) in [6.45, 7) is 2.85. The topological polar surface area (TPSA) is 107 Å². The molecule has 0 unspecified atom stereocenters. The standard InChI is InChI=1S/C19H21N3O5S2/c1-12-11-28-19(20-12)21-18(23)17(22-27-14-8-9-26-10-14)13-2-4-15(5-3-13)29(24,25)16-6-7-16/h2-5,11,14,16H,6-10H2,1H3,(H,20,21,23)/b22-17+/t14-/m1/s1. The van der Waals surface area contributed by atoms with Crippen molar-refractivity contribution in [1.29, 1.82) is 0 Å². The van der Waals surface area contributed by atoms with Gasteiger partial charge in [-0.15, -0.1) is 11.3 Å². The molecule has 2 fully saturated rings. The Morgan fingerprint density at radius 2 is 2.03 bits per heavy atom. The van der Waals surface area contributed by atoms with E-state index in [1.54, 1.807) is 12.1 Å². The van der Waals surface area contributed by atoms with Crippen LogP contribution in [0.25, 0.3) is 0 Å². The number of oxime groups is 1. The molecule has 2 aliphatic rings. The van der Waals surface area contributed by atoms with Gasteiger partial charge in [0.05, 0.1) is 29.1 Å².